The Bertz CT molecular complexity index is 2330. The summed E-state index contributed by atoms with van der Waals surface area (Å²) in [5.41, 5.74) is 21.6. The molecule has 2 amide bonds. The van der Waals surface area contributed by atoms with Crippen molar-refractivity contribution in [1.29, 1.82) is 0 Å². The molecule has 0 aliphatic carbocycles. The van der Waals surface area contributed by atoms with Crippen LogP contribution in [0.25, 0.3) is 0 Å². The average Bonchev–Trinajstić information content (AvgIpc) is 3.21. The van der Waals surface area contributed by atoms with Gasteiger partial charge in [0, 0.05) is 12.1 Å². The Morgan fingerprint density at radius 3 is 1.16 bits per heavy atom. The molecule has 0 fully saturated rings. The summed E-state index contributed by atoms with van der Waals surface area (Å²) < 4.78 is 22.4. The monoisotopic (exact) mass is 886 g/mol. The molecule has 0 saturated carbocycles. The Kier molecular flexibility index (Phi) is 16.2. The maximum atomic E-state index is 13.3. The highest BCUT2D eigenvalue weighted by Gasteiger charge is 2.27. The SMILES string of the molecule is NC(N)=Nc1ccc(C(=O)Oc2ccc(C(=O)N[C@H](CC(=O)O)C(=O)O)c(OCCOc3cc(OC(=O)c4ccc(N=C(N)N)cc4)ccc3C(=O)N[C@H](CC(=O)O)C(=O)O)c2)cc1. The van der Waals surface area contributed by atoms with Crippen LogP contribution in [0, 0.1) is 0 Å². The number of guanidine groups is 2. The summed E-state index contributed by atoms with van der Waals surface area (Å²) in [6.07, 6.45) is -1.97. The van der Waals surface area contributed by atoms with Gasteiger partial charge in [0.05, 0.1) is 46.5 Å². The standard InChI is InChI=1S/C40H38N8O16/c41-39(42)45-21-5-1-19(2-6-21)37(59)63-23-9-11-25(33(53)47-27(35(55)56)17-31(49)50)29(15-23)61-13-14-62-30-16-24(64-38(60)20-3-7-22(8-4-20)46-40(43)44)10-12-26(30)34(54)48-28(36(57)58)18-32(51)52/h1-12,15-16,27-28H,13-14,17-18H2,(H,47,53)(H,48,54)(H,49,50)(H,51,52)(H,55,56)(H,57,58)(H4,41,42,45)(H4,43,44,46)/t27-,28-/m1/s1. The first-order valence-electron chi connectivity index (χ1n) is 18.2. The van der Waals surface area contributed by atoms with Crippen LogP contribution in [-0.2, 0) is 19.2 Å². The number of nitrogens with one attached hydrogen (secondary N) is 2. The minimum Gasteiger partial charge on any atom is -0.489 e. The van der Waals surface area contributed by atoms with Crippen molar-refractivity contribution < 1.29 is 77.7 Å². The number of hydrogen-bond acceptors (Lipinski definition) is 14. The lowest BCUT2D eigenvalue weighted by atomic mass is 10.1. The van der Waals surface area contributed by atoms with E-state index in [1.165, 1.54) is 60.7 Å². The molecule has 4 rings (SSSR count). The van der Waals surface area contributed by atoms with Gasteiger partial charge in [-0.3, -0.25) is 19.2 Å². The van der Waals surface area contributed by atoms with Crippen LogP contribution >= 0.6 is 0 Å². The van der Waals surface area contributed by atoms with Crippen LogP contribution in [0.1, 0.15) is 54.3 Å². The molecule has 0 aliphatic rings. The zero-order valence-electron chi connectivity index (χ0n) is 33.0. The van der Waals surface area contributed by atoms with E-state index >= 15 is 0 Å². The van der Waals surface area contributed by atoms with Gasteiger partial charge in [-0.05, 0) is 72.8 Å². The van der Waals surface area contributed by atoms with Gasteiger partial charge in [0.25, 0.3) is 11.8 Å². The molecule has 24 nitrogen and oxygen atoms in total. The quantitative estimate of drug-likeness (QED) is 0.0181. The van der Waals surface area contributed by atoms with Gasteiger partial charge < -0.3 is 72.9 Å². The lowest BCUT2D eigenvalue weighted by molar-refractivity contribution is -0.145. The molecule has 2 atom stereocenters. The van der Waals surface area contributed by atoms with Crippen LogP contribution in [0.2, 0.25) is 0 Å². The Labute approximate surface area is 360 Å². The van der Waals surface area contributed by atoms with E-state index in [2.05, 4.69) is 20.6 Å². The van der Waals surface area contributed by atoms with Crippen LogP contribution in [0.5, 0.6) is 23.0 Å². The highest BCUT2D eigenvalue weighted by atomic mass is 16.5. The number of nitrogens with two attached hydrogens (primary N) is 4. The van der Waals surface area contributed by atoms with Crippen molar-refractivity contribution in [3.63, 3.8) is 0 Å². The smallest absolute Gasteiger partial charge is 0.343 e. The topological polar surface area (TPSA) is 407 Å². The second-order valence-corrected chi connectivity index (χ2v) is 12.9. The molecular formula is C40H38N8O16. The Balaban J connectivity index is 1.62. The van der Waals surface area contributed by atoms with E-state index < -0.39 is 85.8 Å². The zero-order chi connectivity index (χ0) is 47.1. The third-order valence-corrected chi connectivity index (χ3v) is 8.10. The summed E-state index contributed by atoms with van der Waals surface area (Å²) in [5, 5.41) is 41.4. The number of carboxylic acids is 4. The maximum absolute atomic E-state index is 13.3. The van der Waals surface area contributed by atoms with E-state index in [0.29, 0.717) is 11.4 Å². The summed E-state index contributed by atoms with van der Waals surface area (Å²) in [6, 6.07) is 14.1. The van der Waals surface area contributed by atoms with Crippen molar-refractivity contribution in [2.45, 2.75) is 24.9 Å². The lowest BCUT2D eigenvalue weighted by Gasteiger charge is -2.18. The predicted octanol–water partition coefficient (Wildman–Crippen LogP) is 0.708. The predicted molar refractivity (Wildman–Crippen MR) is 220 cm³/mol. The fourth-order valence-electron chi connectivity index (χ4n) is 5.25. The molecule has 0 aromatic heterocycles. The summed E-state index contributed by atoms with van der Waals surface area (Å²) in [6.45, 7) is -0.989. The molecule has 0 saturated heterocycles. The highest BCUT2D eigenvalue weighted by Crippen LogP contribution is 2.29. The van der Waals surface area contributed by atoms with Gasteiger partial charge in [-0.1, -0.05) is 0 Å². The molecular weight excluding hydrogens is 848 g/mol. The number of nitrogens with zero attached hydrogens (tertiary/aromatic N) is 2. The molecule has 0 bridgehead atoms. The number of amides is 2. The fraction of sp³-hybridized carbons (Fsp3) is 0.150. The van der Waals surface area contributed by atoms with E-state index in [4.69, 9.17) is 52.1 Å². The minimum absolute atomic E-state index is 0.0522. The number of ether oxygens (including phenoxy) is 4. The first-order chi connectivity index (χ1) is 30.3. The van der Waals surface area contributed by atoms with Crippen molar-refractivity contribution in [3.8, 4) is 23.0 Å². The van der Waals surface area contributed by atoms with Gasteiger partial charge in [0.2, 0.25) is 0 Å². The molecule has 4 aromatic carbocycles. The number of esters is 2. The zero-order valence-corrected chi connectivity index (χ0v) is 33.0. The Hall–Kier alpha value is -9.22. The van der Waals surface area contributed by atoms with Crippen molar-refractivity contribution in [2.75, 3.05) is 13.2 Å². The van der Waals surface area contributed by atoms with Crippen molar-refractivity contribution in [1.82, 2.24) is 10.6 Å². The third-order valence-electron chi connectivity index (χ3n) is 8.10. The molecule has 0 heterocycles. The van der Waals surface area contributed by atoms with Gasteiger partial charge in [-0.2, -0.15) is 0 Å². The first kappa shape index (κ1) is 47.5. The molecule has 334 valence electrons. The van der Waals surface area contributed by atoms with E-state index in [9.17, 15) is 48.6 Å². The summed E-state index contributed by atoms with van der Waals surface area (Å²) in [5.74, 6) is -11.8. The molecule has 14 N–H and O–H groups in total. The van der Waals surface area contributed by atoms with E-state index in [0.717, 1.165) is 24.3 Å². The molecule has 0 radical (unpaired) electrons. The minimum atomic E-state index is -1.87. The second kappa shape index (κ2) is 21.9. The van der Waals surface area contributed by atoms with Crippen LogP contribution in [0.3, 0.4) is 0 Å². The van der Waals surface area contributed by atoms with Crippen LogP contribution in [0.4, 0.5) is 11.4 Å². The first-order valence-corrected chi connectivity index (χ1v) is 18.2. The number of carbonyl (C=O) groups is 8. The number of aliphatic carboxylic acids is 4. The summed E-state index contributed by atoms with van der Waals surface area (Å²) in [4.78, 5) is 106. The average molecular weight is 887 g/mol. The number of rotatable bonds is 21. The Morgan fingerprint density at radius 1 is 0.516 bits per heavy atom. The van der Waals surface area contributed by atoms with E-state index in [-0.39, 0.29) is 57.2 Å². The summed E-state index contributed by atoms with van der Waals surface area (Å²) >= 11 is 0. The molecule has 0 spiro atoms. The van der Waals surface area contributed by atoms with Crippen molar-refractivity contribution in [2.24, 2.45) is 32.9 Å². The largest absolute Gasteiger partial charge is 0.489 e. The van der Waals surface area contributed by atoms with Crippen LogP contribution < -0.4 is 52.5 Å². The molecule has 4 aromatic rings. The van der Waals surface area contributed by atoms with Crippen molar-refractivity contribution >= 4 is 70.9 Å². The molecule has 24 heteroatoms. The molecule has 0 aliphatic heterocycles. The second-order valence-electron chi connectivity index (χ2n) is 12.9. The van der Waals surface area contributed by atoms with Gasteiger partial charge in [0.1, 0.15) is 48.3 Å². The number of carboxylic acid groups (broad SMARTS) is 4. The van der Waals surface area contributed by atoms with Gasteiger partial charge >= 0.3 is 35.8 Å². The van der Waals surface area contributed by atoms with E-state index in [1.807, 2.05) is 0 Å². The van der Waals surface area contributed by atoms with Crippen LogP contribution in [0.15, 0.2) is 94.9 Å². The number of benzene rings is 4. The van der Waals surface area contributed by atoms with Gasteiger partial charge in [-0.25, -0.2) is 29.2 Å². The van der Waals surface area contributed by atoms with E-state index in [1.54, 1.807) is 0 Å². The van der Waals surface area contributed by atoms with Gasteiger partial charge in [0.15, 0.2) is 11.9 Å². The summed E-state index contributed by atoms with van der Waals surface area (Å²) in [7, 11) is 0. The van der Waals surface area contributed by atoms with Crippen LogP contribution in [-0.4, -0.2) is 105 Å². The fourth-order valence-corrected chi connectivity index (χ4v) is 5.25. The van der Waals surface area contributed by atoms with Crippen molar-refractivity contribution in [3.05, 3.63) is 107 Å². The number of carbonyl (C=O) groups excluding carboxylic acids is 4. The number of aliphatic imine (C=N–C) groups is 2. The van der Waals surface area contributed by atoms with Gasteiger partial charge in [-0.15, -0.1) is 0 Å². The maximum Gasteiger partial charge on any atom is 0.343 e. The molecule has 64 heavy (non-hydrogen) atoms. The normalized spacial score (nSPS) is 11.3. The number of hydrogen-bond donors (Lipinski definition) is 10. The Morgan fingerprint density at radius 2 is 0.859 bits per heavy atom. The lowest BCUT2D eigenvalue weighted by Crippen LogP contribution is -2.42. The highest BCUT2D eigenvalue weighted by molar-refractivity contribution is 6.01. The molecule has 0 unspecified atom stereocenters. The third kappa shape index (κ3) is 14.2.